The Morgan fingerprint density at radius 2 is 1.30 bits per heavy atom. The molecule has 2 nitrogen and oxygen atoms in total. The lowest BCUT2D eigenvalue weighted by molar-refractivity contribution is -0.207. The Hall–Kier alpha value is -2.64. The Kier molecular flexibility index (Phi) is 7.20. The van der Waals surface area contributed by atoms with Crippen LogP contribution < -0.4 is 0 Å². The van der Waals surface area contributed by atoms with Crippen molar-refractivity contribution in [2.45, 2.75) is 32.4 Å². The fraction of sp³-hybridized carbons (Fsp3) is 0.308. The smallest absolute Gasteiger partial charge is 0.186 e. The number of halogens is 4. The molecule has 1 saturated heterocycles. The topological polar surface area (TPSA) is 18.5 Å². The Morgan fingerprint density at radius 1 is 0.758 bits per heavy atom. The van der Waals surface area contributed by atoms with Crippen LogP contribution in [-0.2, 0) is 15.8 Å². The maximum absolute atomic E-state index is 14.9. The van der Waals surface area contributed by atoms with E-state index in [0.29, 0.717) is 36.2 Å². The molecule has 33 heavy (non-hydrogen) atoms. The predicted octanol–water partition coefficient (Wildman–Crippen LogP) is 6.17. The summed E-state index contributed by atoms with van der Waals surface area (Å²) in [6.45, 7) is 2.96. The van der Waals surface area contributed by atoms with E-state index in [1.54, 1.807) is 38.2 Å². The molecule has 0 saturated carbocycles. The van der Waals surface area contributed by atoms with Gasteiger partial charge in [0, 0.05) is 22.6 Å². The molecule has 0 spiro atoms. The van der Waals surface area contributed by atoms with Crippen molar-refractivity contribution < 1.29 is 27.0 Å². The molecule has 0 amide bonds. The summed E-state index contributed by atoms with van der Waals surface area (Å²) in [5.41, 5.74) is 1.37. The summed E-state index contributed by atoms with van der Waals surface area (Å²) in [7, 11) is 1.75. The summed E-state index contributed by atoms with van der Waals surface area (Å²) < 4.78 is 69.6. The van der Waals surface area contributed by atoms with Gasteiger partial charge in [-0.25, -0.2) is 17.6 Å². The minimum absolute atomic E-state index is 0.0244. The van der Waals surface area contributed by atoms with Gasteiger partial charge in [0.2, 0.25) is 0 Å². The fourth-order valence-electron chi connectivity index (χ4n) is 4.18. The summed E-state index contributed by atoms with van der Waals surface area (Å²) in [6.07, 6.45) is 1.41. The monoisotopic (exact) mass is 456 g/mol. The van der Waals surface area contributed by atoms with Crippen LogP contribution in [-0.4, -0.2) is 21.1 Å². The van der Waals surface area contributed by atoms with Crippen LogP contribution in [0.5, 0.6) is 0 Å². The third-order valence-electron chi connectivity index (χ3n) is 6.08. The van der Waals surface area contributed by atoms with Crippen LogP contribution in [0.2, 0.25) is 0 Å². The molecule has 0 radical (unpaired) electrons. The number of ether oxygens (including phenoxy) is 2. The van der Waals surface area contributed by atoms with Gasteiger partial charge in [-0.2, -0.15) is 0 Å². The summed E-state index contributed by atoms with van der Waals surface area (Å²) in [5.74, 6) is -3.55. The normalized spacial score (nSPS) is 18.5. The van der Waals surface area contributed by atoms with Crippen LogP contribution in [0.25, 0.3) is 22.3 Å². The molecule has 0 aliphatic carbocycles. The molecule has 172 valence electrons. The van der Waals surface area contributed by atoms with Crippen LogP contribution in [0.15, 0.2) is 48.5 Å². The standard InChI is InChI=1S/C26H25BF4O2/c1-2-3-15-13-32-26(33-14-15)21-11-10-20(24(30)25(21)31)17-6-4-16(5-7-17)19-9-8-18(12-27)22(28)23(19)29/h4-11,15,26H,2-3,12-14,27H2,1H3. The molecule has 0 aromatic heterocycles. The highest BCUT2D eigenvalue weighted by Crippen LogP contribution is 2.34. The van der Waals surface area contributed by atoms with Crippen molar-refractivity contribution in [3.05, 3.63) is 82.9 Å². The SMILES string of the molecule is BCc1ccc(-c2ccc(-c3ccc(C4OCC(CCC)CO4)c(F)c3F)cc2)c(F)c1F. The molecule has 4 rings (SSSR count). The molecule has 7 heteroatoms. The summed E-state index contributed by atoms with van der Waals surface area (Å²) in [4.78, 5) is 0. The molecule has 1 aliphatic rings. The van der Waals surface area contributed by atoms with E-state index >= 15 is 0 Å². The summed E-state index contributed by atoms with van der Waals surface area (Å²) in [6, 6.07) is 12.2. The molecule has 1 aliphatic heterocycles. The summed E-state index contributed by atoms with van der Waals surface area (Å²) >= 11 is 0. The maximum atomic E-state index is 14.9. The van der Waals surface area contributed by atoms with Crippen molar-refractivity contribution in [2.75, 3.05) is 13.2 Å². The van der Waals surface area contributed by atoms with E-state index in [0.717, 1.165) is 12.8 Å². The molecule has 1 fully saturated rings. The maximum Gasteiger partial charge on any atom is 0.186 e. The van der Waals surface area contributed by atoms with E-state index in [-0.39, 0.29) is 22.6 Å². The van der Waals surface area contributed by atoms with Crippen molar-refractivity contribution in [2.24, 2.45) is 5.92 Å². The first-order valence-electron chi connectivity index (χ1n) is 11.2. The average Bonchev–Trinajstić information content (AvgIpc) is 2.84. The van der Waals surface area contributed by atoms with Gasteiger partial charge in [0.1, 0.15) is 7.85 Å². The molecule has 0 unspecified atom stereocenters. The second-order valence-electron chi connectivity index (χ2n) is 8.31. The number of benzene rings is 3. The van der Waals surface area contributed by atoms with Gasteiger partial charge >= 0.3 is 0 Å². The van der Waals surface area contributed by atoms with Gasteiger partial charge in [-0.15, -0.1) is 0 Å². The lowest BCUT2D eigenvalue weighted by Gasteiger charge is -2.29. The quantitative estimate of drug-likeness (QED) is 0.326. The minimum atomic E-state index is -1.02. The molecule has 0 atom stereocenters. The van der Waals surface area contributed by atoms with Crippen molar-refractivity contribution in [1.82, 2.24) is 0 Å². The second kappa shape index (κ2) is 10.1. The van der Waals surface area contributed by atoms with Gasteiger partial charge in [0.15, 0.2) is 29.6 Å². The van der Waals surface area contributed by atoms with Gasteiger partial charge < -0.3 is 9.47 Å². The lowest BCUT2D eigenvalue weighted by atomic mass is 9.93. The average molecular weight is 456 g/mol. The van der Waals surface area contributed by atoms with Crippen LogP contribution in [0.3, 0.4) is 0 Å². The molecular formula is C26H25BF4O2. The predicted molar refractivity (Wildman–Crippen MR) is 122 cm³/mol. The van der Waals surface area contributed by atoms with E-state index in [1.165, 1.54) is 18.2 Å². The van der Waals surface area contributed by atoms with Crippen molar-refractivity contribution in [3.8, 4) is 22.3 Å². The van der Waals surface area contributed by atoms with Crippen molar-refractivity contribution >= 4 is 7.85 Å². The number of hydrogen-bond donors (Lipinski definition) is 0. The highest BCUT2D eigenvalue weighted by Gasteiger charge is 2.27. The van der Waals surface area contributed by atoms with Crippen molar-refractivity contribution in [1.29, 1.82) is 0 Å². The lowest BCUT2D eigenvalue weighted by Crippen LogP contribution is -2.27. The Bertz CT molecular complexity index is 1130. The van der Waals surface area contributed by atoms with Gasteiger partial charge in [-0.05, 0) is 23.1 Å². The van der Waals surface area contributed by atoms with Crippen molar-refractivity contribution in [3.63, 3.8) is 0 Å². The zero-order valence-electron chi connectivity index (χ0n) is 18.6. The first-order valence-corrected chi connectivity index (χ1v) is 11.2. The fourth-order valence-corrected chi connectivity index (χ4v) is 4.18. The Labute approximate surface area is 192 Å². The summed E-state index contributed by atoms with van der Waals surface area (Å²) in [5, 5.41) is 0. The molecule has 3 aromatic carbocycles. The third-order valence-corrected chi connectivity index (χ3v) is 6.08. The van der Waals surface area contributed by atoms with Crippen LogP contribution >= 0.6 is 0 Å². The number of rotatable bonds is 6. The van der Waals surface area contributed by atoms with E-state index in [2.05, 4.69) is 6.92 Å². The minimum Gasteiger partial charge on any atom is -0.348 e. The van der Waals surface area contributed by atoms with Gasteiger partial charge in [0.05, 0.1) is 13.2 Å². The largest absolute Gasteiger partial charge is 0.348 e. The van der Waals surface area contributed by atoms with Crippen LogP contribution in [0.1, 0.15) is 37.2 Å². The van der Waals surface area contributed by atoms with E-state index in [1.807, 2.05) is 0 Å². The molecule has 3 aromatic rings. The molecule has 0 bridgehead atoms. The highest BCUT2D eigenvalue weighted by atomic mass is 19.2. The highest BCUT2D eigenvalue weighted by molar-refractivity contribution is 6.08. The third kappa shape index (κ3) is 4.70. The number of hydrogen-bond acceptors (Lipinski definition) is 2. The van der Waals surface area contributed by atoms with E-state index in [9.17, 15) is 17.6 Å². The first kappa shape index (κ1) is 23.5. The van der Waals surface area contributed by atoms with Gasteiger partial charge in [-0.3, -0.25) is 0 Å². The van der Waals surface area contributed by atoms with E-state index in [4.69, 9.17) is 9.47 Å². The molecular weight excluding hydrogens is 431 g/mol. The molecule has 0 N–H and O–H groups in total. The van der Waals surface area contributed by atoms with Crippen LogP contribution in [0, 0.1) is 29.2 Å². The molecule has 1 heterocycles. The second-order valence-corrected chi connectivity index (χ2v) is 8.31. The zero-order chi connectivity index (χ0) is 23.5. The Balaban J connectivity index is 1.57. The Morgan fingerprint density at radius 3 is 1.85 bits per heavy atom. The van der Waals surface area contributed by atoms with Gasteiger partial charge in [-0.1, -0.05) is 68.2 Å². The van der Waals surface area contributed by atoms with Gasteiger partial charge in [0.25, 0.3) is 0 Å². The first-order chi connectivity index (χ1) is 15.9. The van der Waals surface area contributed by atoms with Crippen LogP contribution in [0.4, 0.5) is 17.6 Å². The zero-order valence-corrected chi connectivity index (χ0v) is 18.6. The van der Waals surface area contributed by atoms with E-state index < -0.39 is 29.6 Å².